The molecular formula is C12H12N2O5S. The summed E-state index contributed by atoms with van der Waals surface area (Å²) in [6.45, 7) is 0.214. The highest BCUT2D eigenvalue weighted by atomic mass is 32.2. The molecule has 0 aliphatic heterocycles. The summed E-state index contributed by atoms with van der Waals surface area (Å²) in [6, 6.07) is 7.34. The second-order valence-corrected chi connectivity index (χ2v) is 5.53. The molecular weight excluding hydrogens is 284 g/mol. The molecule has 0 amide bonds. The number of ether oxygens (including phenoxy) is 1. The van der Waals surface area contributed by atoms with Gasteiger partial charge in [-0.3, -0.25) is 9.59 Å². The highest BCUT2D eigenvalue weighted by molar-refractivity contribution is 7.89. The monoisotopic (exact) mass is 296 g/mol. The molecule has 0 saturated carbocycles. The second-order valence-electron chi connectivity index (χ2n) is 3.80. The molecule has 0 radical (unpaired) electrons. The van der Waals surface area contributed by atoms with Gasteiger partial charge in [0.15, 0.2) is 5.78 Å². The van der Waals surface area contributed by atoms with Crippen molar-refractivity contribution < 1.29 is 22.7 Å². The molecule has 1 aromatic rings. The highest BCUT2D eigenvalue weighted by Crippen LogP contribution is 2.13. The van der Waals surface area contributed by atoms with E-state index >= 15 is 0 Å². The molecule has 1 rings (SSSR count). The van der Waals surface area contributed by atoms with Crippen LogP contribution in [0.1, 0.15) is 12.5 Å². The molecule has 0 aliphatic carbocycles. The molecule has 0 heterocycles. The highest BCUT2D eigenvalue weighted by Gasteiger charge is 2.19. The number of sulfonamides is 1. The normalized spacial score (nSPS) is 10.6. The third-order valence-electron chi connectivity index (χ3n) is 2.14. The number of benzene rings is 1. The molecule has 1 aromatic carbocycles. The van der Waals surface area contributed by atoms with Crippen molar-refractivity contribution in [2.75, 3.05) is 13.2 Å². The Balaban J connectivity index is 2.74. The topological polar surface area (TPSA) is 113 Å². The number of nitrogens with one attached hydrogen (secondary N) is 1. The van der Waals surface area contributed by atoms with Crippen LogP contribution >= 0.6 is 0 Å². The van der Waals surface area contributed by atoms with Gasteiger partial charge in [0.1, 0.15) is 19.2 Å². The molecule has 0 aromatic heterocycles. The summed E-state index contributed by atoms with van der Waals surface area (Å²) in [4.78, 5) is 21.6. The average Bonchev–Trinajstić information content (AvgIpc) is 2.43. The minimum atomic E-state index is -3.99. The van der Waals surface area contributed by atoms with E-state index < -0.39 is 29.1 Å². The Kier molecular flexibility index (Phi) is 5.37. The van der Waals surface area contributed by atoms with Crippen molar-refractivity contribution >= 4 is 21.8 Å². The number of Topliss-reactive ketones (excluding diaryl/α,β-unsaturated/α-hetero) is 1. The van der Waals surface area contributed by atoms with Gasteiger partial charge < -0.3 is 4.74 Å². The van der Waals surface area contributed by atoms with E-state index in [1.54, 1.807) is 6.07 Å². The molecule has 0 unspecified atom stereocenters. The summed E-state index contributed by atoms with van der Waals surface area (Å²) in [5.41, 5.74) is -0.0305. The van der Waals surface area contributed by atoms with Crippen LogP contribution in [0.4, 0.5) is 0 Å². The maximum absolute atomic E-state index is 11.9. The average molecular weight is 296 g/mol. The van der Waals surface area contributed by atoms with E-state index in [1.165, 1.54) is 31.2 Å². The predicted molar refractivity (Wildman–Crippen MR) is 68.0 cm³/mol. The van der Waals surface area contributed by atoms with Crippen LogP contribution in [0.5, 0.6) is 0 Å². The third-order valence-corrected chi connectivity index (χ3v) is 3.60. The number of esters is 1. The maximum Gasteiger partial charge on any atom is 0.321 e. The van der Waals surface area contributed by atoms with Crippen molar-refractivity contribution in [3.8, 4) is 6.07 Å². The minimum absolute atomic E-state index is 0.0305. The lowest BCUT2D eigenvalue weighted by atomic mass is 10.2. The fourth-order valence-electron chi connectivity index (χ4n) is 1.26. The molecule has 7 nitrogen and oxygen atoms in total. The molecule has 0 bridgehead atoms. The van der Waals surface area contributed by atoms with Gasteiger partial charge in [-0.1, -0.05) is 12.1 Å². The van der Waals surface area contributed by atoms with Crippen LogP contribution < -0.4 is 4.72 Å². The summed E-state index contributed by atoms with van der Waals surface area (Å²) >= 11 is 0. The zero-order valence-corrected chi connectivity index (χ0v) is 11.4. The Morgan fingerprint density at radius 1 is 1.35 bits per heavy atom. The quantitative estimate of drug-likeness (QED) is 0.737. The summed E-state index contributed by atoms with van der Waals surface area (Å²) < 4.78 is 30.4. The first-order valence-electron chi connectivity index (χ1n) is 5.50. The van der Waals surface area contributed by atoms with E-state index in [9.17, 15) is 18.0 Å². The molecule has 8 heteroatoms. The van der Waals surface area contributed by atoms with Crippen molar-refractivity contribution in [1.82, 2.24) is 4.72 Å². The van der Waals surface area contributed by atoms with Gasteiger partial charge in [-0.05, 0) is 19.1 Å². The lowest BCUT2D eigenvalue weighted by Crippen LogP contribution is -2.31. The summed E-state index contributed by atoms with van der Waals surface area (Å²) in [7, 11) is -3.99. The standard InChI is InChI=1S/C12H12N2O5S/c1-9(15)8-19-12(16)7-14-20(17,18)11-5-3-2-4-10(11)6-13/h2-5,14H,7-8H2,1H3. The number of ketones is 1. The summed E-state index contributed by atoms with van der Waals surface area (Å²) in [5.74, 6) is -1.23. The number of hydrogen-bond donors (Lipinski definition) is 1. The number of nitrogens with zero attached hydrogens (tertiary/aromatic N) is 1. The van der Waals surface area contributed by atoms with Crippen LogP contribution in [0.15, 0.2) is 29.2 Å². The van der Waals surface area contributed by atoms with Gasteiger partial charge in [0, 0.05) is 0 Å². The molecule has 0 fully saturated rings. The van der Waals surface area contributed by atoms with Crippen molar-refractivity contribution in [3.63, 3.8) is 0 Å². The van der Waals surface area contributed by atoms with Crippen LogP contribution in [0.2, 0.25) is 0 Å². The van der Waals surface area contributed by atoms with Crippen molar-refractivity contribution in [2.45, 2.75) is 11.8 Å². The van der Waals surface area contributed by atoms with E-state index in [0.29, 0.717) is 0 Å². The second kappa shape index (κ2) is 6.79. The molecule has 0 spiro atoms. The van der Waals surface area contributed by atoms with E-state index in [-0.39, 0.29) is 16.2 Å². The first kappa shape index (κ1) is 15.8. The fraction of sp³-hybridized carbons (Fsp3) is 0.250. The Morgan fingerprint density at radius 2 is 2.00 bits per heavy atom. The molecule has 1 N–H and O–H groups in total. The molecule has 20 heavy (non-hydrogen) atoms. The van der Waals surface area contributed by atoms with Gasteiger partial charge >= 0.3 is 5.97 Å². The Labute approximate surface area is 116 Å². The van der Waals surface area contributed by atoms with E-state index in [2.05, 4.69) is 4.74 Å². The number of nitriles is 1. The van der Waals surface area contributed by atoms with E-state index in [1.807, 2.05) is 4.72 Å². The summed E-state index contributed by atoms with van der Waals surface area (Å²) in [5, 5.41) is 8.83. The van der Waals surface area contributed by atoms with Crippen LogP contribution in [0.3, 0.4) is 0 Å². The van der Waals surface area contributed by atoms with Crippen molar-refractivity contribution in [1.29, 1.82) is 5.26 Å². The first-order valence-corrected chi connectivity index (χ1v) is 6.99. The van der Waals surface area contributed by atoms with Crippen molar-refractivity contribution in [2.24, 2.45) is 0 Å². The maximum atomic E-state index is 11.9. The Hall–Kier alpha value is -2.24. The largest absolute Gasteiger partial charge is 0.457 e. The van der Waals surface area contributed by atoms with Crippen LogP contribution in [-0.4, -0.2) is 33.3 Å². The number of carbonyl (C=O) groups excluding carboxylic acids is 2. The zero-order valence-electron chi connectivity index (χ0n) is 10.6. The van der Waals surface area contributed by atoms with E-state index in [0.717, 1.165) is 0 Å². The van der Waals surface area contributed by atoms with Crippen LogP contribution in [0, 0.1) is 11.3 Å². The van der Waals surface area contributed by atoms with Gasteiger partial charge in [-0.25, -0.2) is 8.42 Å². The minimum Gasteiger partial charge on any atom is -0.457 e. The van der Waals surface area contributed by atoms with Gasteiger partial charge in [0.2, 0.25) is 10.0 Å². The summed E-state index contributed by atoms with van der Waals surface area (Å²) in [6.07, 6.45) is 0. The molecule has 0 saturated heterocycles. The smallest absolute Gasteiger partial charge is 0.321 e. The van der Waals surface area contributed by atoms with Gasteiger partial charge in [-0.15, -0.1) is 0 Å². The number of hydrogen-bond acceptors (Lipinski definition) is 6. The zero-order chi connectivity index (χ0) is 15.2. The van der Waals surface area contributed by atoms with Crippen LogP contribution in [-0.2, 0) is 24.3 Å². The molecule has 0 aliphatic rings. The molecule has 0 atom stereocenters. The van der Waals surface area contributed by atoms with Gasteiger partial charge in [0.25, 0.3) is 0 Å². The molecule has 106 valence electrons. The lowest BCUT2D eigenvalue weighted by Gasteiger charge is -2.07. The van der Waals surface area contributed by atoms with Gasteiger partial charge in [0.05, 0.1) is 10.5 Å². The van der Waals surface area contributed by atoms with E-state index in [4.69, 9.17) is 5.26 Å². The predicted octanol–water partition coefficient (Wildman–Crippen LogP) is -0.0312. The van der Waals surface area contributed by atoms with Crippen molar-refractivity contribution in [3.05, 3.63) is 29.8 Å². The Morgan fingerprint density at radius 3 is 2.60 bits per heavy atom. The number of carbonyl (C=O) groups is 2. The first-order chi connectivity index (χ1) is 9.36. The van der Waals surface area contributed by atoms with Gasteiger partial charge in [-0.2, -0.15) is 9.98 Å². The fourth-order valence-corrected chi connectivity index (χ4v) is 2.38. The Bertz CT molecular complexity index is 661. The number of rotatable bonds is 6. The third kappa shape index (κ3) is 4.46. The van der Waals surface area contributed by atoms with Crippen LogP contribution in [0.25, 0.3) is 0 Å². The SMILES string of the molecule is CC(=O)COC(=O)CNS(=O)(=O)c1ccccc1C#N. The lowest BCUT2D eigenvalue weighted by molar-refractivity contribution is -0.146.